The van der Waals surface area contributed by atoms with E-state index in [4.69, 9.17) is 4.74 Å². The van der Waals surface area contributed by atoms with Crippen molar-refractivity contribution in [1.82, 2.24) is 9.78 Å². The summed E-state index contributed by atoms with van der Waals surface area (Å²) in [4.78, 5) is 22.2. The molecule has 0 bridgehead atoms. The summed E-state index contributed by atoms with van der Waals surface area (Å²) < 4.78 is 6.18. The van der Waals surface area contributed by atoms with Gasteiger partial charge in [0.15, 0.2) is 0 Å². The molecule has 5 heteroatoms. The van der Waals surface area contributed by atoms with Gasteiger partial charge < -0.3 is 4.74 Å². The van der Waals surface area contributed by atoms with Gasteiger partial charge in [-0.05, 0) is 13.8 Å². The zero-order chi connectivity index (χ0) is 11.4. The largest absolute Gasteiger partial charge is 0.461 e. The number of aromatic amines is 1. The van der Waals surface area contributed by atoms with Crippen molar-refractivity contribution in [2.45, 2.75) is 20.4 Å². The first-order valence-corrected chi connectivity index (χ1v) is 4.61. The molecule has 0 aliphatic heterocycles. The van der Waals surface area contributed by atoms with Crippen LogP contribution in [-0.4, -0.2) is 22.4 Å². The van der Waals surface area contributed by atoms with E-state index in [1.165, 1.54) is 4.68 Å². The van der Waals surface area contributed by atoms with E-state index in [0.29, 0.717) is 12.1 Å². The molecule has 0 amide bonds. The second kappa shape index (κ2) is 4.63. The summed E-state index contributed by atoms with van der Waals surface area (Å²) in [6, 6.07) is 0. The van der Waals surface area contributed by atoms with Gasteiger partial charge in [-0.15, -0.1) is 0 Å². The van der Waals surface area contributed by atoms with Crippen LogP contribution in [0.2, 0.25) is 0 Å². The first kappa shape index (κ1) is 11.3. The normalized spacial score (nSPS) is 10.0. The molecular weight excluding hydrogens is 196 g/mol. The number of ether oxygens (including phenoxy) is 1. The van der Waals surface area contributed by atoms with Crippen LogP contribution in [0.15, 0.2) is 17.4 Å². The van der Waals surface area contributed by atoms with Gasteiger partial charge >= 0.3 is 5.97 Å². The van der Waals surface area contributed by atoms with Crippen molar-refractivity contribution in [3.8, 4) is 0 Å². The number of nitrogens with one attached hydrogen (secondary N) is 1. The van der Waals surface area contributed by atoms with Crippen LogP contribution in [0.5, 0.6) is 0 Å². The second-order valence-corrected chi connectivity index (χ2v) is 3.19. The van der Waals surface area contributed by atoms with Crippen molar-refractivity contribution >= 4 is 5.97 Å². The Morgan fingerprint density at radius 3 is 2.73 bits per heavy atom. The number of hydrogen-bond acceptors (Lipinski definition) is 3. The van der Waals surface area contributed by atoms with Crippen LogP contribution in [0.1, 0.15) is 11.3 Å². The fourth-order valence-corrected chi connectivity index (χ4v) is 1.15. The zero-order valence-corrected chi connectivity index (χ0v) is 8.87. The molecular formula is C10H14N2O3. The lowest BCUT2D eigenvalue weighted by Gasteiger charge is -2.02. The number of aryl methyl sites for hydroxylation is 1. The van der Waals surface area contributed by atoms with Gasteiger partial charge in [0.2, 0.25) is 0 Å². The molecule has 5 nitrogen and oxygen atoms in total. The molecule has 1 aromatic rings. The van der Waals surface area contributed by atoms with Crippen LogP contribution in [0.3, 0.4) is 0 Å². The average molecular weight is 210 g/mol. The number of H-pyrrole nitrogens is 1. The average Bonchev–Trinajstić information content (AvgIpc) is 2.46. The third kappa shape index (κ3) is 2.59. The van der Waals surface area contributed by atoms with Crippen molar-refractivity contribution in [2.24, 2.45) is 0 Å². The molecule has 0 aliphatic carbocycles. The Bertz CT molecular complexity index is 428. The Morgan fingerprint density at radius 2 is 2.27 bits per heavy atom. The summed E-state index contributed by atoms with van der Waals surface area (Å²) in [6.07, 6.45) is 1.09. The van der Waals surface area contributed by atoms with E-state index in [9.17, 15) is 9.59 Å². The predicted molar refractivity (Wildman–Crippen MR) is 55.7 cm³/mol. The molecule has 1 heterocycles. The number of hydrogen-bond donors (Lipinski definition) is 1. The van der Waals surface area contributed by atoms with Gasteiger partial charge in [0.05, 0.1) is 6.54 Å². The smallest absolute Gasteiger partial charge is 0.330 e. The molecule has 1 rings (SSSR count). The summed E-state index contributed by atoms with van der Waals surface area (Å²) in [5.41, 5.74) is 1.43. The summed E-state index contributed by atoms with van der Waals surface area (Å²) >= 11 is 0. The van der Waals surface area contributed by atoms with Crippen LogP contribution < -0.4 is 5.56 Å². The summed E-state index contributed by atoms with van der Waals surface area (Å²) in [5.74, 6) is -0.483. The summed E-state index contributed by atoms with van der Waals surface area (Å²) in [5, 5.41) is 2.89. The van der Waals surface area contributed by atoms with Gasteiger partial charge in [-0.25, -0.2) is 9.48 Å². The van der Waals surface area contributed by atoms with E-state index in [2.05, 4.69) is 11.7 Å². The van der Waals surface area contributed by atoms with Crippen LogP contribution in [0.25, 0.3) is 0 Å². The Hall–Kier alpha value is -1.78. The number of rotatable bonds is 4. The minimum absolute atomic E-state index is 0.0813. The number of nitrogens with zero attached hydrogens (tertiary/aromatic N) is 1. The molecule has 82 valence electrons. The Kier molecular flexibility index (Phi) is 3.49. The third-order valence-corrected chi connectivity index (χ3v) is 2.16. The fourth-order valence-electron chi connectivity index (χ4n) is 1.15. The van der Waals surface area contributed by atoms with Crippen LogP contribution in [0, 0.1) is 13.8 Å². The standard InChI is InChI=1S/C10H14N2O3/c1-4-9(13)15-6-5-12-10(14)7(2)8(3)11-12/h4,11H,1,5-6H2,2-3H3. The molecule has 0 fully saturated rings. The van der Waals surface area contributed by atoms with E-state index in [-0.39, 0.29) is 12.2 Å². The molecule has 0 aliphatic rings. The van der Waals surface area contributed by atoms with Crippen molar-refractivity contribution in [3.63, 3.8) is 0 Å². The number of carbonyl (C=O) groups excluding carboxylic acids is 1. The highest BCUT2D eigenvalue weighted by Crippen LogP contribution is 1.95. The van der Waals surface area contributed by atoms with Crippen molar-refractivity contribution in [3.05, 3.63) is 34.3 Å². The zero-order valence-electron chi connectivity index (χ0n) is 8.87. The minimum atomic E-state index is -0.483. The van der Waals surface area contributed by atoms with Gasteiger partial charge in [-0.3, -0.25) is 9.89 Å². The van der Waals surface area contributed by atoms with Crippen LogP contribution in [-0.2, 0) is 16.1 Å². The highest BCUT2D eigenvalue weighted by Gasteiger charge is 2.06. The molecule has 1 N–H and O–H groups in total. The lowest BCUT2D eigenvalue weighted by molar-refractivity contribution is -0.138. The van der Waals surface area contributed by atoms with Gasteiger partial charge in [0, 0.05) is 17.3 Å². The quantitative estimate of drug-likeness (QED) is 0.582. The molecule has 15 heavy (non-hydrogen) atoms. The van der Waals surface area contributed by atoms with Crippen molar-refractivity contribution in [2.75, 3.05) is 6.61 Å². The molecule has 0 unspecified atom stereocenters. The van der Waals surface area contributed by atoms with Crippen LogP contribution in [0.4, 0.5) is 0 Å². The summed E-state index contributed by atoms with van der Waals surface area (Å²) in [6.45, 7) is 7.33. The maximum absolute atomic E-state index is 11.5. The van der Waals surface area contributed by atoms with E-state index in [1.807, 2.05) is 6.92 Å². The van der Waals surface area contributed by atoms with E-state index >= 15 is 0 Å². The topological polar surface area (TPSA) is 64.1 Å². The first-order valence-electron chi connectivity index (χ1n) is 4.61. The van der Waals surface area contributed by atoms with Gasteiger partial charge in [-0.1, -0.05) is 6.58 Å². The first-order chi connectivity index (χ1) is 7.06. The predicted octanol–water partition coefficient (Wildman–Crippen LogP) is 0.522. The fraction of sp³-hybridized carbons (Fsp3) is 0.400. The molecule has 0 spiro atoms. The molecule has 0 saturated carbocycles. The van der Waals surface area contributed by atoms with Crippen LogP contribution >= 0.6 is 0 Å². The maximum Gasteiger partial charge on any atom is 0.330 e. The highest BCUT2D eigenvalue weighted by atomic mass is 16.5. The van der Waals surface area contributed by atoms with E-state index in [1.54, 1.807) is 6.92 Å². The highest BCUT2D eigenvalue weighted by molar-refractivity contribution is 5.81. The van der Waals surface area contributed by atoms with Gasteiger partial charge in [0.1, 0.15) is 6.61 Å². The molecule has 0 aromatic carbocycles. The van der Waals surface area contributed by atoms with E-state index < -0.39 is 5.97 Å². The summed E-state index contributed by atoms with van der Waals surface area (Å²) in [7, 11) is 0. The Balaban J connectivity index is 2.59. The monoisotopic (exact) mass is 210 g/mol. The third-order valence-electron chi connectivity index (χ3n) is 2.16. The lowest BCUT2D eigenvalue weighted by Crippen LogP contribution is -2.21. The number of esters is 1. The number of carbonyl (C=O) groups is 1. The Labute approximate surface area is 87.3 Å². The maximum atomic E-state index is 11.5. The van der Waals surface area contributed by atoms with Crippen molar-refractivity contribution in [1.29, 1.82) is 0 Å². The van der Waals surface area contributed by atoms with Gasteiger partial charge in [-0.2, -0.15) is 0 Å². The second-order valence-electron chi connectivity index (χ2n) is 3.19. The molecule has 0 atom stereocenters. The molecule has 0 saturated heterocycles. The SMILES string of the molecule is C=CC(=O)OCCn1[nH]c(C)c(C)c1=O. The Morgan fingerprint density at radius 1 is 1.60 bits per heavy atom. The van der Waals surface area contributed by atoms with Gasteiger partial charge in [0.25, 0.3) is 5.56 Å². The number of aromatic nitrogens is 2. The van der Waals surface area contributed by atoms with Crippen molar-refractivity contribution < 1.29 is 9.53 Å². The molecule has 0 radical (unpaired) electrons. The lowest BCUT2D eigenvalue weighted by atomic mass is 10.3. The molecule has 1 aromatic heterocycles. The van der Waals surface area contributed by atoms with E-state index in [0.717, 1.165) is 11.8 Å². The minimum Gasteiger partial charge on any atom is -0.461 e.